The van der Waals surface area contributed by atoms with Gasteiger partial charge in [-0.3, -0.25) is 0 Å². The summed E-state index contributed by atoms with van der Waals surface area (Å²) in [5.74, 6) is -0.862. The molecule has 0 atom stereocenters. The number of fused-ring (bicyclic) bond motifs is 12. The molecule has 60 heavy (non-hydrogen) atoms. The van der Waals surface area contributed by atoms with Crippen LogP contribution >= 0.6 is 11.3 Å². The van der Waals surface area contributed by atoms with E-state index >= 15 is 0 Å². The summed E-state index contributed by atoms with van der Waals surface area (Å²) in [7, 11) is 0. The molecule has 8 nitrogen and oxygen atoms in total. The minimum Gasteiger partial charge on any atom is -0.504 e. The van der Waals surface area contributed by atoms with Crippen LogP contribution in [0.15, 0.2) is 159 Å². The number of hydrogen-bond acceptors (Lipinski definition) is 8. The zero-order valence-electron chi connectivity index (χ0n) is 32.8. The molecule has 0 aliphatic heterocycles. The number of aromatic hydroxyl groups is 4. The first-order valence-corrected chi connectivity index (χ1v) is 20.1. The topological polar surface area (TPSA) is 125 Å². The van der Waals surface area contributed by atoms with Crippen molar-refractivity contribution in [2.75, 3.05) is 0 Å². The van der Waals surface area contributed by atoms with Gasteiger partial charge in [0, 0.05) is 48.6 Å². The molecule has 3 aromatic heterocycles. The highest BCUT2D eigenvalue weighted by atomic mass is 32.1. The summed E-state index contributed by atoms with van der Waals surface area (Å²) in [5, 5.41) is 50.3. The summed E-state index contributed by atoms with van der Waals surface area (Å²) < 4.78 is 3.34. The molecular formula is C51H38N4O4S. The lowest BCUT2D eigenvalue weighted by atomic mass is 9.96. The van der Waals surface area contributed by atoms with Crippen molar-refractivity contribution in [3.05, 3.63) is 165 Å². The molecule has 0 fully saturated rings. The molecule has 0 aliphatic rings. The number of nitrogens with zero attached hydrogens (tertiary/aromatic N) is 4. The van der Waals surface area contributed by atoms with Crippen molar-refractivity contribution in [2.45, 2.75) is 13.8 Å². The van der Waals surface area contributed by atoms with Crippen molar-refractivity contribution in [2.24, 2.45) is 0 Å². The molecule has 10 aromatic rings. The Bertz CT molecular complexity index is 3420. The van der Waals surface area contributed by atoms with E-state index in [2.05, 4.69) is 60.2 Å². The average Bonchev–Trinajstić information content (AvgIpc) is 3.86. The molecule has 9 heteroatoms. The number of phenols is 4. The van der Waals surface area contributed by atoms with Gasteiger partial charge in [-0.15, -0.1) is 17.9 Å². The predicted octanol–water partition coefficient (Wildman–Crippen LogP) is 13.1. The van der Waals surface area contributed by atoms with Gasteiger partial charge >= 0.3 is 0 Å². The summed E-state index contributed by atoms with van der Waals surface area (Å²) in [4.78, 5) is 14.7. The number of thiophene rings is 1. The van der Waals surface area contributed by atoms with E-state index in [1.807, 2.05) is 105 Å². The SMILES string of the molecule is C=C/C(=C\C=C/C)c1nc(-c2ccccc2)nc(-c2ccc(-n3c4ccc5c(sc6c(O)c(O)c(O)c(O)c65)c4c4c5ccccc5c5ccccc5c43)cc2)n1.C=CC. The van der Waals surface area contributed by atoms with E-state index in [1.165, 1.54) is 11.3 Å². The normalized spacial score (nSPS) is 11.9. The Morgan fingerprint density at radius 3 is 1.80 bits per heavy atom. The van der Waals surface area contributed by atoms with Gasteiger partial charge in [0.05, 0.1) is 21.1 Å². The molecule has 0 saturated heterocycles. The highest BCUT2D eigenvalue weighted by Gasteiger charge is 2.26. The monoisotopic (exact) mass is 802 g/mol. The van der Waals surface area contributed by atoms with E-state index in [4.69, 9.17) is 15.0 Å². The maximum absolute atomic E-state index is 11.1. The molecule has 292 valence electrons. The summed E-state index contributed by atoms with van der Waals surface area (Å²) in [5.41, 5.74) is 5.26. The van der Waals surface area contributed by atoms with Crippen LogP contribution in [0, 0.1) is 0 Å². The summed E-state index contributed by atoms with van der Waals surface area (Å²) in [6.45, 7) is 11.2. The number of rotatable bonds is 6. The van der Waals surface area contributed by atoms with Gasteiger partial charge in [0.25, 0.3) is 0 Å². The van der Waals surface area contributed by atoms with Crippen LogP contribution in [0.25, 0.3) is 97.6 Å². The van der Waals surface area contributed by atoms with Gasteiger partial charge in [0.1, 0.15) is 0 Å². The minimum absolute atomic E-state index is 0.284. The average molecular weight is 803 g/mol. The van der Waals surface area contributed by atoms with Crippen LogP contribution in [0.2, 0.25) is 0 Å². The molecule has 0 radical (unpaired) electrons. The zero-order valence-corrected chi connectivity index (χ0v) is 33.6. The molecule has 0 spiro atoms. The highest BCUT2D eigenvalue weighted by Crippen LogP contribution is 2.56. The van der Waals surface area contributed by atoms with Crippen LogP contribution in [0.4, 0.5) is 0 Å². The van der Waals surface area contributed by atoms with Crippen LogP contribution in [0.5, 0.6) is 23.0 Å². The van der Waals surface area contributed by atoms with Crippen LogP contribution in [0.1, 0.15) is 19.7 Å². The molecule has 0 unspecified atom stereocenters. The van der Waals surface area contributed by atoms with Crippen molar-refractivity contribution in [3.8, 4) is 51.5 Å². The second-order valence-corrected chi connectivity index (χ2v) is 15.2. The minimum atomic E-state index is -0.755. The van der Waals surface area contributed by atoms with Crippen molar-refractivity contribution in [1.82, 2.24) is 19.5 Å². The first kappa shape index (κ1) is 37.8. The van der Waals surface area contributed by atoms with Crippen molar-refractivity contribution < 1.29 is 20.4 Å². The Balaban J connectivity index is 0.00000150. The number of phenolic OH excluding ortho intramolecular Hbond substituents is 4. The Hall–Kier alpha value is -7.75. The fraction of sp³-hybridized carbons (Fsp3) is 0.0392. The Morgan fingerprint density at radius 1 is 0.567 bits per heavy atom. The quantitative estimate of drug-likeness (QED) is 0.0434. The van der Waals surface area contributed by atoms with Crippen molar-refractivity contribution in [1.29, 1.82) is 0 Å². The summed E-state index contributed by atoms with van der Waals surface area (Å²) >= 11 is 1.27. The van der Waals surface area contributed by atoms with Crippen LogP contribution in [-0.4, -0.2) is 39.9 Å². The fourth-order valence-corrected chi connectivity index (χ4v) is 9.27. The Kier molecular flexibility index (Phi) is 9.58. The lowest BCUT2D eigenvalue weighted by molar-refractivity contribution is 0.351. The second-order valence-electron chi connectivity index (χ2n) is 14.2. The van der Waals surface area contributed by atoms with Crippen LogP contribution in [0.3, 0.4) is 0 Å². The molecule has 3 heterocycles. The molecule has 0 bridgehead atoms. The van der Waals surface area contributed by atoms with Crippen molar-refractivity contribution in [3.63, 3.8) is 0 Å². The maximum Gasteiger partial charge on any atom is 0.205 e. The van der Waals surface area contributed by atoms with E-state index in [0.717, 1.165) is 70.4 Å². The molecule has 0 amide bonds. The molecule has 0 saturated carbocycles. The predicted molar refractivity (Wildman–Crippen MR) is 248 cm³/mol. The van der Waals surface area contributed by atoms with Gasteiger partial charge in [-0.2, -0.15) is 0 Å². The van der Waals surface area contributed by atoms with E-state index < -0.39 is 23.0 Å². The van der Waals surface area contributed by atoms with Crippen LogP contribution < -0.4 is 0 Å². The van der Waals surface area contributed by atoms with Gasteiger partial charge in [0.2, 0.25) is 11.5 Å². The summed E-state index contributed by atoms with van der Waals surface area (Å²) in [6.07, 6.45) is 9.30. The summed E-state index contributed by atoms with van der Waals surface area (Å²) in [6, 6.07) is 38.6. The number of aromatic nitrogens is 4. The largest absolute Gasteiger partial charge is 0.504 e. The first-order chi connectivity index (χ1) is 29.3. The van der Waals surface area contributed by atoms with Gasteiger partial charge in [0.15, 0.2) is 29.0 Å². The van der Waals surface area contributed by atoms with Gasteiger partial charge in [-0.25, -0.2) is 15.0 Å². The highest BCUT2D eigenvalue weighted by molar-refractivity contribution is 7.27. The fourth-order valence-electron chi connectivity index (χ4n) is 7.97. The lowest BCUT2D eigenvalue weighted by Crippen LogP contribution is -2.02. The number of hydrogen-bond donors (Lipinski definition) is 4. The third kappa shape index (κ3) is 5.94. The number of allylic oxidation sites excluding steroid dienone is 6. The number of benzene rings is 7. The van der Waals surface area contributed by atoms with Gasteiger partial charge < -0.3 is 25.0 Å². The first-order valence-electron chi connectivity index (χ1n) is 19.3. The molecular weight excluding hydrogens is 765 g/mol. The molecule has 0 aliphatic carbocycles. The van der Waals surface area contributed by atoms with Crippen molar-refractivity contribution >= 4 is 80.4 Å². The zero-order chi connectivity index (χ0) is 41.7. The Labute approximate surface area is 348 Å². The lowest BCUT2D eigenvalue weighted by Gasteiger charge is -2.13. The van der Waals surface area contributed by atoms with E-state index in [-0.39, 0.29) is 10.1 Å². The standard InChI is InChI=1S/C48H32N4O4S.C3H6/c1-3-5-13-26(4-2)46-49-47(27-14-7-6-8-15-27)51-48(50-46)28-20-22-29(23-21-28)52-35-25-24-34-37-40(53)41(54)42(55)43(56)45(37)57-44(34)38(35)36-32-18-11-9-16-30(32)31-17-10-12-19-33(31)39(36)52;1-3-2/h3-25,53-56H,2H2,1H3;3H,1H2,2H3/b5-3-,26-13+;. The van der Waals surface area contributed by atoms with E-state index in [0.29, 0.717) is 22.9 Å². The van der Waals surface area contributed by atoms with E-state index in [9.17, 15) is 20.4 Å². The third-order valence-corrected chi connectivity index (χ3v) is 11.8. The molecule has 7 aromatic carbocycles. The Morgan fingerprint density at radius 2 is 1.15 bits per heavy atom. The third-order valence-electron chi connectivity index (χ3n) is 10.6. The second kappa shape index (κ2) is 15.2. The van der Waals surface area contributed by atoms with E-state index in [1.54, 1.807) is 12.2 Å². The molecule has 4 N–H and O–H groups in total. The smallest absolute Gasteiger partial charge is 0.205 e. The van der Waals surface area contributed by atoms with Gasteiger partial charge in [-0.05, 0) is 60.3 Å². The van der Waals surface area contributed by atoms with Crippen LogP contribution in [-0.2, 0) is 0 Å². The maximum atomic E-state index is 11.1. The van der Waals surface area contributed by atoms with Gasteiger partial charge in [-0.1, -0.05) is 122 Å². The molecule has 10 rings (SSSR count).